The number of aliphatic carboxylic acids is 1. The predicted octanol–water partition coefficient (Wildman–Crippen LogP) is 4.44. The van der Waals surface area contributed by atoms with E-state index in [1.807, 2.05) is 60.7 Å². The number of amides is 2. The Bertz CT molecular complexity index is 734. The molecule has 2 aromatic rings. The number of hydrogen-bond acceptors (Lipinski definition) is 3. The summed E-state index contributed by atoms with van der Waals surface area (Å²) >= 11 is 0. The minimum atomic E-state index is -0.928. The lowest BCUT2D eigenvalue weighted by atomic mass is 9.82. The van der Waals surface area contributed by atoms with Gasteiger partial charge in [-0.1, -0.05) is 36.4 Å². The van der Waals surface area contributed by atoms with Gasteiger partial charge in [-0.05, 0) is 61.8 Å². The van der Waals surface area contributed by atoms with E-state index < -0.39 is 5.97 Å². The van der Waals surface area contributed by atoms with Crippen LogP contribution < -0.4 is 10.2 Å². The van der Waals surface area contributed by atoms with Gasteiger partial charge in [0.25, 0.3) is 0 Å². The van der Waals surface area contributed by atoms with Crippen molar-refractivity contribution in [2.45, 2.75) is 25.7 Å². The number of urea groups is 1. The zero-order valence-electron chi connectivity index (χ0n) is 16.5. The average molecular weight is 396 g/mol. The maximum Gasteiger partial charge on any atom is 0.329 e. The van der Waals surface area contributed by atoms with Crippen molar-refractivity contribution in [3.8, 4) is 0 Å². The van der Waals surface area contributed by atoms with Crippen LogP contribution >= 0.6 is 0 Å². The van der Waals surface area contributed by atoms with E-state index in [2.05, 4.69) is 5.32 Å². The molecule has 1 aliphatic rings. The Morgan fingerprint density at radius 1 is 0.897 bits per heavy atom. The molecule has 2 aromatic carbocycles. The molecule has 3 rings (SSSR count). The van der Waals surface area contributed by atoms with Gasteiger partial charge in [0, 0.05) is 6.54 Å². The lowest BCUT2D eigenvalue weighted by Crippen LogP contribution is -2.40. The number of rotatable bonds is 8. The molecular weight excluding hydrogens is 368 g/mol. The molecule has 29 heavy (non-hydrogen) atoms. The first kappa shape index (κ1) is 20.9. The number of hydrogen-bond donors (Lipinski definition) is 2. The highest BCUT2D eigenvalue weighted by Gasteiger charge is 2.23. The molecule has 0 aliphatic heterocycles. The topological polar surface area (TPSA) is 78.9 Å². The van der Waals surface area contributed by atoms with Crippen molar-refractivity contribution < 1.29 is 19.4 Å². The third-order valence-electron chi connectivity index (χ3n) is 5.32. The monoisotopic (exact) mass is 396 g/mol. The Balaban J connectivity index is 1.52. The zero-order valence-corrected chi connectivity index (χ0v) is 16.5. The van der Waals surface area contributed by atoms with Crippen LogP contribution in [0.15, 0.2) is 60.7 Å². The van der Waals surface area contributed by atoms with Crippen LogP contribution in [0.25, 0.3) is 0 Å². The molecule has 6 nitrogen and oxygen atoms in total. The number of nitrogens with zero attached hydrogens (tertiary/aromatic N) is 1. The van der Waals surface area contributed by atoms with Crippen LogP contribution in [0.5, 0.6) is 0 Å². The number of carbonyl (C=O) groups is 2. The second kappa shape index (κ2) is 10.6. The standard InChI is InChI=1S/C23H28N2O4/c26-22(27)17-29-16-19-13-11-18(12-14-19)15-24-23(28)25(20-7-3-1-4-8-20)21-9-5-2-6-10-21/h1-10,18-19H,11-17H2,(H,24,28)(H,26,27)/t18-,19-. The van der Waals surface area contributed by atoms with E-state index in [-0.39, 0.29) is 12.6 Å². The van der Waals surface area contributed by atoms with Crippen LogP contribution in [-0.4, -0.2) is 36.9 Å². The van der Waals surface area contributed by atoms with E-state index in [9.17, 15) is 9.59 Å². The van der Waals surface area contributed by atoms with Crippen molar-refractivity contribution in [3.05, 3.63) is 60.7 Å². The summed E-state index contributed by atoms with van der Waals surface area (Å²) < 4.78 is 5.22. The summed E-state index contributed by atoms with van der Waals surface area (Å²) in [5, 5.41) is 11.7. The van der Waals surface area contributed by atoms with Gasteiger partial charge in [0.2, 0.25) is 0 Å². The van der Waals surface area contributed by atoms with Crippen LogP contribution in [0.4, 0.5) is 16.2 Å². The molecule has 1 fully saturated rings. The van der Waals surface area contributed by atoms with Gasteiger partial charge >= 0.3 is 12.0 Å². The molecule has 0 aromatic heterocycles. The van der Waals surface area contributed by atoms with E-state index in [0.717, 1.165) is 37.1 Å². The van der Waals surface area contributed by atoms with Crippen molar-refractivity contribution in [1.29, 1.82) is 0 Å². The summed E-state index contributed by atoms with van der Waals surface area (Å²) in [5.74, 6) is -0.0858. The molecule has 0 saturated heterocycles. The number of benzene rings is 2. The van der Waals surface area contributed by atoms with E-state index >= 15 is 0 Å². The molecule has 1 saturated carbocycles. The highest BCUT2D eigenvalue weighted by molar-refractivity contribution is 5.99. The summed E-state index contributed by atoms with van der Waals surface area (Å²) in [6.45, 7) is 0.906. The molecule has 0 spiro atoms. The first-order valence-corrected chi connectivity index (χ1v) is 10.1. The zero-order chi connectivity index (χ0) is 20.5. The van der Waals surface area contributed by atoms with Crippen LogP contribution in [0.3, 0.4) is 0 Å². The van der Waals surface area contributed by atoms with Gasteiger partial charge in [0.15, 0.2) is 0 Å². The number of para-hydroxylation sites is 2. The summed E-state index contributed by atoms with van der Waals surface area (Å²) in [6.07, 6.45) is 4.03. The second-order valence-electron chi connectivity index (χ2n) is 7.49. The molecule has 2 amide bonds. The van der Waals surface area contributed by atoms with E-state index in [1.54, 1.807) is 4.90 Å². The molecule has 1 aliphatic carbocycles. The number of carbonyl (C=O) groups excluding carboxylic acids is 1. The number of anilines is 2. The van der Waals surface area contributed by atoms with Crippen molar-refractivity contribution >= 4 is 23.4 Å². The Labute approximate surface area is 171 Å². The Morgan fingerprint density at radius 2 is 1.41 bits per heavy atom. The fourth-order valence-corrected chi connectivity index (χ4v) is 3.76. The van der Waals surface area contributed by atoms with Crippen molar-refractivity contribution in [2.24, 2.45) is 11.8 Å². The minimum Gasteiger partial charge on any atom is -0.480 e. The average Bonchev–Trinajstić information content (AvgIpc) is 2.75. The first-order valence-electron chi connectivity index (χ1n) is 10.1. The summed E-state index contributed by atoms with van der Waals surface area (Å²) in [7, 11) is 0. The van der Waals surface area contributed by atoms with Crippen molar-refractivity contribution in [3.63, 3.8) is 0 Å². The molecule has 0 unspecified atom stereocenters. The molecular formula is C23H28N2O4. The van der Waals surface area contributed by atoms with Gasteiger partial charge in [0.1, 0.15) is 6.61 Å². The quantitative estimate of drug-likeness (QED) is 0.691. The predicted molar refractivity (Wildman–Crippen MR) is 112 cm³/mol. The van der Waals surface area contributed by atoms with Crippen LogP contribution in [-0.2, 0) is 9.53 Å². The third-order valence-corrected chi connectivity index (χ3v) is 5.32. The number of ether oxygens (including phenoxy) is 1. The molecule has 2 N–H and O–H groups in total. The van der Waals surface area contributed by atoms with Gasteiger partial charge in [0.05, 0.1) is 18.0 Å². The van der Waals surface area contributed by atoms with Crippen LogP contribution in [0.2, 0.25) is 0 Å². The van der Waals surface area contributed by atoms with Gasteiger partial charge < -0.3 is 15.2 Å². The maximum atomic E-state index is 13.0. The largest absolute Gasteiger partial charge is 0.480 e. The van der Waals surface area contributed by atoms with Crippen molar-refractivity contribution in [2.75, 3.05) is 24.7 Å². The molecule has 0 radical (unpaired) electrons. The number of nitrogens with one attached hydrogen (secondary N) is 1. The Kier molecular flexibility index (Phi) is 7.64. The van der Waals surface area contributed by atoms with E-state index in [4.69, 9.17) is 9.84 Å². The molecule has 154 valence electrons. The fourth-order valence-electron chi connectivity index (χ4n) is 3.76. The molecule has 6 heteroatoms. The third kappa shape index (κ3) is 6.32. The van der Waals surface area contributed by atoms with Crippen LogP contribution in [0.1, 0.15) is 25.7 Å². The molecule has 0 heterocycles. The van der Waals surface area contributed by atoms with E-state index in [1.165, 1.54) is 0 Å². The normalized spacial score (nSPS) is 18.8. The van der Waals surface area contributed by atoms with E-state index in [0.29, 0.717) is 25.0 Å². The maximum absolute atomic E-state index is 13.0. The summed E-state index contributed by atoms with van der Waals surface area (Å²) in [5.41, 5.74) is 1.66. The highest BCUT2D eigenvalue weighted by Crippen LogP contribution is 2.29. The van der Waals surface area contributed by atoms with Crippen LogP contribution in [0, 0.1) is 11.8 Å². The summed E-state index contributed by atoms with van der Waals surface area (Å²) in [6, 6.07) is 19.1. The highest BCUT2D eigenvalue weighted by atomic mass is 16.5. The SMILES string of the molecule is O=C(O)COC[C@H]1CC[C@H](CNC(=O)N(c2ccccc2)c2ccccc2)CC1. The van der Waals surface area contributed by atoms with Gasteiger partial charge in [-0.3, -0.25) is 4.90 Å². The first-order chi connectivity index (χ1) is 14.1. The number of carboxylic acids is 1. The van der Waals surface area contributed by atoms with Crippen molar-refractivity contribution in [1.82, 2.24) is 5.32 Å². The lowest BCUT2D eigenvalue weighted by Gasteiger charge is -2.29. The molecule has 0 bridgehead atoms. The lowest BCUT2D eigenvalue weighted by molar-refractivity contribution is -0.142. The van der Waals surface area contributed by atoms with Gasteiger partial charge in [-0.2, -0.15) is 0 Å². The van der Waals surface area contributed by atoms with Gasteiger partial charge in [-0.25, -0.2) is 9.59 Å². The Morgan fingerprint density at radius 3 is 1.93 bits per heavy atom. The Hall–Kier alpha value is -2.86. The minimum absolute atomic E-state index is 0.130. The van der Waals surface area contributed by atoms with Gasteiger partial charge in [-0.15, -0.1) is 0 Å². The second-order valence-corrected chi connectivity index (χ2v) is 7.49. The summed E-state index contributed by atoms with van der Waals surface area (Å²) in [4.78, 5) is 25.2. The molecule has 0 atom stereocenters. The smallest absolute Gasteiger partial charge is 0.329 e. The fraction of sp³-hybridized carbons (Fsp3) is 0.391. The number of carboxylic acid groups (broad SMARTS) is 1.